The number of aromatic nitrogens is 1. The number of nitrogens with zero attached hydrogens (tertiary/aromatic N) is 1. The van der Waals surface area contributed by atoms with Gasteiger partial charge in [-0.1, -0.05) is 17.7 Å². The number of carbonyl (C=O) groups excluding carboxylic acids is 1. The van der Waals surface area contributed by atoms with Gasteiger partial charge < -0.3 is 10.1 Å². The third-order valence-electron chi connectivity index (χ3n) is 4.01. The Labute approximate surface area is 141 Å². The van der Waals surface area contributed by atoms with E-state index in [2.05, 4.69) is 10.3 Å². The number of hydrogen-bond donors (Lipinski definition) is 1. The summed E-state index contributed by atoms with van der Waals surface area (Å²) in [7, 11) is 1.59. The molecule has 1 heterocycles. The Morgan fingerprint density at radius 1 is 1.00 bits per heavy atom. The summed E-state index contributed by atoms with van der Waals surface area (Å²) in [4.78, 5) is 17.3. The van der Waals surface area contributed by atoms with Gasteiger partial charge in [0.2, 0.25) is 0 Å². The van der Waals surface area contributed by atoms with Crippen molar-refractivity contribution in [2.75, 3.05) is 12.4 Å². The SMILES string of the molecule is COc1ccc(C)cc1NC(=O)c1cc2cc(C)ccc2nc1C. The smallest absolute Gasteiger partial charge is 0.257 e. The molecule has 0 fully saturated rings. The maximum Gasteiger partial charge on any atom is 0.257 e. The Hall–Kier alpha value is -2.88. The summed E-state index contributed by atoms with van der Waals surface area (Å²) in [5.41, 5.74) is 5.01. The molecule has 0 atom stereocenters. The zero-order valence-corrected chi connectivity index (χ0v) is 14.3. The van der Waals surface area contributed by atoms with E-state index in [1.165, 1.54) is 0 Å². The van der Waals surface area contributed by atoms with Gasteiger partial charge in [-0.2, -0.15) is 0 Å². The second kappa shape index (κ2) is 6.32. The van der Waals surface area contributed by atoms with Crippen molar-refractivity contribution in [3.8, 4) is 5.75 Å². The highest BCUT2D eigenvalue weighted by Gasteiger charge is 2.14. The maximum absolute atomic E-state index is 12.7. The van der Waals surface area contributed by atoms with Crippen molar-refractivity contribution in [1.82, 2.24) is 4.98 Å². The number of anilines is 1. The zero-order valence-electron chi connectivity index (χ0n) is 14.3. The quantitative estimate of drug-likeness (QED) is 0.777. The van der Waals surface area contributed by atoms with E-state index in [1.54, 1.807) is 7.11 Å². The van der Waals surface area contributed by atoms with E-state index < -0.39 is 0 Å². The third kappa shape index (κ3) is 3.08. The lowest BCUT2D eigenvalue weighted by Crippen LogP contribution is -2.15. The van der Waals surface area contributed by atoms with E-state index in [0.717, 1.165) is 22.0 Å². The number of amides is 1. The van der Waals surface area contributed by atoms with Crippen LogP contribution < -0.4 is 10.1 Å². The first-order valence-electron chi connectivity index (χ1n) is 7.82. The van der Waals surface area contributed by atoms with Crippen molar-refractivity contribution in [2.45, 2.75) is 20.8 Å². The van der Waals surface area contributed by atoms with Crippen LogP contribution in [-0.2, 0) is 0 Å². The van der Waals surface area contributed by atoms with Gasteiger partial charge in [0.25, 0.3) is 5.91 Å². The van der Waals surface area contributed by atoms with Gasteiger partial charge in [0.15, 0.2) is 0 Å². The standard InChI is InChI=1S/C20H20N2O2/c1-12-5-7-17-15(9-12)11-16(14(3)21-17)20(23)22-18-10-13(2)6-8-19(18)24-4/h5-11H,1-4H3,(H,22,23). The van der Waals surface area contributed by atoms with Gasteiger partial charge in [0.05, 0.1) is 29.6 Å². The first-order valence-corrected chi connectivity index (χ1v) is 7.82. The molecule has 0 aliphatic carbocycles. The number of carbonyl (C=O) groups is 1. The number of aryl methyl sites for hydroxylation is 3. The molecular formula is C20H20N2O2. The second-order valence-corrected chi connectivity index (χ2v) is 5.98. The fraction of sp³-hybridized carbons (Fsp3) is 0.200. The molecule has 122 valence electrons. The van der Waals surface area contributed by atoms with Crippen LogP contribution in [0.2, 0.25) is 0 Å². The molecule has 4 heteroatoms. The van der Waals surface area contributed by atoms with Gasteiger partial charge in [-0.3, -0.25) is 9.78 Å². The molecule has 0 aliphatic heterocycles. The third-order valence-corrected chi connectivity index (χ3v) is 4.01. The van der Waals surface area contributed by atoms with E-state index in [9.17, 15) is 4.79 Å². The molecule has 0 radical (unpaired) electrons. The molecule has 0 unspecified atom stereocenters. The molecular weight excluding hydrogens is 300 g/mol. The summed E-state index contributed by atoms with van der Waals surface area (Å²) >= 11 is 0. The van der Waals surface area contributed by atoms with Crippen LogP contribution in [0, 0.1) is 20.8 Å². The number of pyridine rings is 1. The van der Waals surface area contributed by atoms with Crippen LogP contribution in [0.3, 0.4) is 0 Å². The Kier molecular flexibility index (Phi) is 4.21. The van der Waals surface area contributed by atoms with Gasteiger partial charge in [0, 0.05) is 5.39 Å². The van der Waals surface area contributed by atoms with Gasteiger partial charge in [0.1, 0.15) is 5.75 Å². The van der Waals surface area contributed by atoms with Crippen molar-refractivity contribution < 1.29 is 9.53 Å². The van der Waals surface area contributed by atoms with E-state index >= 15 is 0 Å². The fourth-order valence-corrected chi connectivity index (χ4v) is 2.73. The van der Waals surface area contributed by atoms with E-state index in [0.29, 0.717) is 22.7 Å². The zero-order chi connectivity index (χ0) is 17.3. The lowest BCUT2D eigenvalue weighted by molar-refractivity contribution is 0.102. The minimum absolute atomic E-state index is 0.188. The predicted octanol–water partition coefficient (Wildman–Crippen LogP) is 4.42. The molecule has 0 aliphatic rings. The van der Waals surface area contributed by atoms with Crippen molar-refractivity contribution in [3.63, 3.8) is 0 Å². The van der Waals surface area contributed by atoms with Crippen LogP contribution in [0.15, 0.2) is 42.5 Å². The Morgan fingerprint density at radius 2 is 1.71 bits per heavy atom. The van der Waals surface area contributed by atoms with Crippen molar-refractivity contribution in [1.29, 1.82) is 0 Å². The number of fused-ring (bicyclic) bond motifs is 1. The summed E-state index contributed by atoms with van der Waals surface area (Å²) in [6, 6.07) is 13.6. The summed E-state index contributed by atoms with van der Waals surface area (Å²) < 4.78 is 5.32. The Balaban J connectivity index is 1.99. The molecule has 3 rings (SSSR count). The molecule has 0 spiro atoms. The first-order chi connectivity index (χ1) is 11.5. The summed E-state index contributed by atoms with van der Waals surface area (Å²) in [5.74, 6) is 0.448. The van der Waals surface area contributed by atoms with Gasteiger partial charge in [-0.05, 0) is 56.7 Å². The topological polar surface area (TPSA) is 51.2 Å². The van der Waals surface area contributed by atoms with Crippen molar-refractivity contribution in [3.05, 3.63) is 64.8 Å². The monoisotopic (exact) mass is 320 g/mol. The first kappa shape index (κ1) is 16.0. The molecule has 24 heavy (non-hydrogen) atoms. The number of hydrogen-bond acceptors (Lipinski definition) is 3. The lowest BCUT2D eigenvalue weighted by Gasteiger charge is -2.12. The number of benzene rings is 2. The largest absolute Gasteiger partial charge is 0.495 e. The molecule has 0 saturated carbocycles. The Morgan fingerprint density at radius 3 is 2.46 bits per heavy atom. The predicted molar refractivity (Wildman–Crippen MR) is 96.9 cm³/mol. The molecule has 3 aromatic rings. The summed E-state index contributed by atoms with van der Waals surface area (Å²) in [6.45, 7) is 5.85. The molecule has 1 amide bonds. The minimum atomic E-state index is -0.188. The van der Waals surface area contributed by atoms with E-state index in [-0.39, 0.29) is 5.91 Å². The highest BCUT2D eigenvalue weighted by Crippen LogP contribution is 2.26. The normalized spacial score (nSPS) is 10.7. The van der Waals surface area contributed by atoms with Gasteiger partial charge in [-0.25, -0.2) is 0 Å². The number of nitrogens with one attached hydrogen (secondary N) is 1. The van der Waals surface area contributed by atoms with Crippen LogP contribution in [0.5, 0.6) is 5.75 Å². The highest BCUT2D eigenvalue weighted by atomic mass is 16.5. The van der Waals surface area contributed by atoms with Gasteiger partial charge in [-0.15, -0.1) is 0 Å². The second-order valence-electron chi connectivity index (χ2n) is 5.98. The van der Waals surface area contributed by atoms with Crippen LogP contribution >= 0.6 is 0 Å². The van der Waals surface area contributed by atoms with Crippen LogP contribution in [0.1, 0.15) is 27.2 Å². The molecule has 0 saturated heterocycles. The average molecular weight is 320 g/mol. The maximum atomic E-state index is 12.7. The molecule has 2 aromatic carbocycles. The number of ether oxygens (including phenoxy) is 1. The highest BCUT2D eigenvalue weighted by molar-refractivity contribution is 6.07. The number of methoxy groups -OCH3 is 1. The van der Waals surface area contributed by atoms with E-state index in [1.807, 2.05) is 63.2 Å². The van der Waals surface area contributed by atoms with Crippen LogP contribution in [0.25, 0.3) is 10.9 Å². The molecule has 1 aromatic heterocycles. The Bertz CT molecular complexity index is 932. The van der Waals surface area contributed by atoms with Crippen molar-refractivity contribution >= 4 is 22.5 Å². The van der Waals surface area contributed by atoms with Crippen molar-refractivity contribution in [2.24, 2.45) is 0 Å². The molecule has 1 N–H and O–H groups in total. The fourth-order valence-electron chi connectivity index (χ4n) is 2.73. The minimum Gasteiger partial charge on any atom is -0.495 e. The van der Waals surface area contributed by atoms with Gasteiger partial charge >= 0.3 is 0 Å². The average Bonchev–Trinajstić information content (AvgIpc) is 2.54. The van der Waals surface area contributed by atoms with Crippen LogP contribution in [-0.4, -0.2) is 18.0 Å². The summed E-state index contributed by atoms with van der Waals surface area (Å²) in [6.07, 6.45) is 0. The summed E-state index contributed by atoms with van der Waals surface area (Å²) in [5, 5.41) is 3.89. The number of rotatable bonds is 3. The molecule has 4 nitrogen and oxygen atoms in total. The van der Waals surface area contributed by atoms with Crippen LogP contribution in [0.4, 0.5) is 5.69 Å². The lowest BCUT2D eigenvalue weighted by atomic mass is 10.1. The van der Waals surface area contributed by atoms with E-state index in [4.69, 9.17) is 4.74 Å². The molecule has 0 bridgehead atoms.